The second-order valence-electron chi connectivity index (χ2n) is 15.6. The number of aromatic nitrogens is 1. The highest BCUT2D eigenvalue weighted by Gasteiger charge is 2.24. The van der Waals surface area contributed by atoms with Gasteiger partial charge in [-0.2, -0.15) is 0 Å². The first-order valence-electron chi connectivity index (χ1n) is 20.0. The lowest BCUT2D eigenvalue weighted by Crippen LogP contribution is -2.36. The number of carbonyl (C=O) groups excluding carboxylic acids is 4. The number of thiophene rings is 1. The van der Waals surface area contributed by atoms with Gasteiger partial charge in [-0.1, -0.05) is 58.0 Å². The van der Waals surface area contributed by atoms with Gasteiger partial charge < -0.3 is 40.2 Å². The molecule has 63 heavy (non-hydrogen) atoms. The summed E-state index contributed by atoms with van der Waals surface area (Å²) in [5.74, 6) is 1.40. The van der Waals surface area contributed by atoms with E-state index in [1.807, 2.05) is 79.9 Å². The summed E-state index contributed by atoms with van der Waals surface area (Å²) in [6.45, 7) is 9.19. The quantitative estimate of drug-likeness (QED) is 0.0744. The lowest BCUT2D eigenvalue weighted by atomic mass is 9.84. The Bertz CT molecular complexity index is 2470. The molecular formula is C49H53N5O8S. The number of nitrogens with zero attached hydrogens (tertiary/aromatic N) is 1. The van der Waals surface area contributed by atoms with Crippen molar-refractivity contribution in [2.75, 3.05) is 52.2 Å². The standard InChI is InChI=1S/C25H27N3O4.C24H26N2O4S/c1-25(2,16-27-23(29)18-6-5-13-26-15-18)19-8-10-20(11-9-19)28-24(30)17-7-12-21(31-3)22(14-17)32-4;1-24(2,15-25-23(28)21-6-5-13-31-21)17-8-10-18(11-9-17)26-22(27)16-7-12-19(29-3)20(14-16)30-4/h5-15H,16H2,1-4H3,(H,27,29)(H,28,30);5-14H,15H2,1-4H3,(H,25,28)(H,26,27). The van der Waals surface area contributed by atoms with Crippen LogP contribution in [0.3, 0.4) is 0 Å². The highest BCUT2D eigenvalue weighted by atomic mass is 32.1. The highest BCUT2D eigenvalue weighted by Crippen LogP contribution is 2.30. The summed E-state index contributed by atoms with van der Waals surface area (Å²) in [5, 5.41) is 13.6. The van der Waals surface area contributed by atoms with Crippen LogP contribution in [0.15, 0.2) is 127 Å². The van der Waals surface area contributed by atoms with E-state index in [0.29, 0.717) is 69.0 Å². The SMILES string of the molecule is COc1ccc(C(=O)Nc2ccc(C(C)(C)CNC(=O)c3cccnc3)cc2)cc1OC.COc1ccc(C(=O)Nc2ccc(C(C)(C)CNC(=O)c3cccs3)cc2)cc1OC. The Hall–Kier alpha value is -7.19. The maximum Gasteiger partial charge on any atom is 0.261 e. The first-order chi connectivity index (χ1) is 30.2. The zero-order valence-electron chi connectivity index (χ0n) is 36.7. The molecule has 0 saturated heterocycles. The van der Waals surface area contributed by atoms with Crippen LogP contribution in [-0.4, -0.2) is 70.1 Å². The van der Waals surface area contributed by atoms with Crippen LogP contribution in [-0.2, 0) is 10.8 Å². The molecule has 0 aliphatic heterocycles. The van der Waals surface area contributed by atoms with E-state index in [1.54, 1.807) is 68.9 Å². The number of rotatable bonds is 16. The molecule has 13 nitrogen and oxygen atoms in total. The smallest absolute Gasteiger partial charge is 0.261 e. The Morgan fingerprint density at radius 2 is 0.984 bits per heavy atom. The summed E-state index contributed by atoms with van der Waals surface area (Å²) in [6, 6.07) is 32.4. The molecule has 0 bridgehead atoms. The van der Waals surface area contributed by atoms with E-state index in [4.69, 9.17) is 18.9 Å². The van der Waals surface area contributed by atoms with E-state index in [0.717, 1.165) is 11.1 Å². The van der Waals surface area contributed by atoms with Crippen LogP contribution in [0.1, 0.15) is 79.6 Å². The van der Waals surface area contributed by atoms with Gasteiger partial charge in [-0.05, 0) is 95.4 Å². The number of nitrogens with one attached hydrogen (secondary N) is 4. The van der Waals surface area contributed by atoms with Crippen molar-refractivity contribution in [3.05, 3.63) is 160 Å². The number of amides is 4. The minimum atomic E-state index is -0.302. The van der Waals surface area contributed by atoms with Crippen molar-refractivity contribution in [3.63, 3.8) is 0 Å². The zero-order chi connectivity index (χ0) is 45.6. The molecule has 328 valence electrons. The molecule has 0 aliphatic carbocycles. The topological polar surface area (TPSA) is 166 Å². The molecule has 0 atom stereocenters. The second-order valence-corrected chi connectivity index (χ2v) is 16.5. The zero-order valence-corrected chi connectivity index (χ0v) is 37.5. The Morgan fingerprint density at radius 1 is 0.524 bits per heavy atom. The molecular weight excluding hydrogens is 819 g/mol. The van der Waals surface area contributed by atoms with Crippen molar-refractivity contribution in [1.82, 2.24) is 15.6 Å². The van der Waals surface area contributed by atoms with Gasteiger partial charge in [0.15, 0.2) is 23.0 Å². The van der Waals surface area contributed by atoms with Crippen molar-refractivity contribution < 1.29 is 38.1 Å². The maximum atomic E-state index is 12.6. The third-order valence-corrected chi connectivity index (χ3v) is 11.1. The van der Waals surface area contributed by atoms with Crippen LogP contribution < -0.4 is 40.2 Å². The Kier molecular flexibility index (Phi) is 16.0. The molecule has 0 unspecified atom stereocenters. The van der Waals surface area contributed by atoms with Gasteiger partial charge in [-0.25, -0.2) is 0 Å². The fourth-order valence-electron chi connectivity index (χ4n) is 6.27. The monoisotopic (exact) mass is 871 g/mol. The minimum Gasteiger partial charge on any atom is -0.493 e. The molecule has 2 aromatic heterocycles. The number of hydrogen-bond donors (Lipinski definition) is 4. The molecule has 0 aliphatic rings. The van der Waals surface area contributed by atoms with Crippen molar-refractivity contribution in [2.24, 2.45) is 0 Å². The van der Waals surface area contributed by atoms with Gasteiger partial charge in [0.1, 0.15) is 0 Å². The van der Waals surface area contributed by atoms with Gasteiger partial charge in [0.25, 0.3) is 23.6 Å². The number of pyridine rings is 1. The molecule has 0 radical (unpaired) electrons. The molecule has 4 amide bonds. The summed E-state index contributed by atoms with van der Waals surface area (Å²) in [5.41, 5.74) is 4.34. The molecule has 0 spiro atoms. The second kappa shape index (κ2) is 21.6. The number of methoxy groups -OCH3 is 4. The fraction of sp³-hybridized carbons (Fsp3) is 0.245. The third kappa shape index (κ3) is 12.7. The average molecular weight is 872 g/mol. The van der Waals surface area contributed by atoms with E-state index >= 15 is 0 Å². The molecule has 6 rings (SSSR count). The van der Waals surface area contributed by atoms with Crippen molar-refractivity contribution in [1.29, 1.82) is 0 Å². The molecule has 14 heteroatoms. The molecule has 2 heterocycles. The average Bonchev–Trinajstić information content (AvgIpc) is 3.86. The van der Waals surface area contributed by atoms with Crippen molar-refractivity contribution in [2.45, 2.75) is 38.5 Å². The van der Waals surface area contributed by atoms with Crippen LogP contribution in [0.2, 0.25) is 0 Å². The van der Waals surface area contributed by atoms with Gasteiger partial charge in [0, 0.05) is 58.8 Å². The first kappa shape index (κ1) is 46.9. The van der Waals surface area contributed by atoms with Gasteiger partial charge >= 0.3 is 0 Å². The van der Waals surface area contributed by atoms with Crippen LogP contribution >= 0.6 is 11.3 Å². The van der Waals surface area contributed by atoms with E-state index in [9.17, 15) is 19.2 Å². The van der Waals surface area contributed by atoms with Gasteiger partial charge in [-0.3, -0.25) is 24.2 Å². The molecule has 4 aromatic carbocycles. The lowest BCUT2D eigenvalue weighted by Gasteiger charge is -2.26. The molecule has 0 saturated carbocycles. The maximum absolute atomic E-state index is 12.6. The Labute approximate surface area is 372 Å². The summed E-state index contributed by atoms with van der Waals surface area (Å²) in [6.07, 6.45) is 3.17. The summed E-state index contributed by atoms with van der Waals surface area (Å²) in [7, 11) is 6.15. The van der Waals surface area contributed by atoms with E-state index in [2.05, 4.69) is 40.1 Å². The number of benzene rings is 4. The normalized spacial score (nSPS) is 10.9. The Balaban J connectivity index is 0.000000238. The molecule has 0 fully saturated rings. The number of hydrogen-bond acceptors (Lipinski definition) is 10. The Morgan fingerprint density at radius 3 is 1.38 bits per heavy atom. The van der Waals surface area contributed by atoms with E-state index in [-0.39, 0.29) is 34.5 Å². The van der Waals surface area contributed by atoms with Gasteiger partial charge in [0.05, 0.1) is 38.9 Å². The molecule has 6 aromatic rings. The van der Waals surface area contributed by atoms with Gasteiger partial charge in [-0.15, -0.1) is 11.3 Å². The first-order valence-corrected chi connectivity index (χ1v) is 20.8. The van der Waals surface area contributed by atoms with Crippen molar-refractivity contribution in [3.8, 4) is 23.0 Å². The lowest BCUT2D eigenvalue weighted by molar-refractivity contribution is 0.0939. The number of carbonyl (C=O) groups is 4. The number of ether oxygens (including phenoxy) is 4. The summed E-state index contributed by atoms with van der Waals surface area (Å²) in [4.78, 5) is 54.4. The minimum absolute atomic E-state index is 0.0677. The van der Waals surface area contributed by atoms with Crippen molar-refractivity contribution >= 4 is 46.3 Å². The van der Waals surface area contributed by atoms with Gasteiger partial charge in [0.2, 0.25) is 0 Å². The largest absolute Gasteiger partial charge is 0.493 e. The van der Waals surface area contributed by atoms with E-state index < -0.39 is 0 Å². The van der Waals surface area contributed by atoms with E-state index in [1.165, 1.54) is 31.8 Å². The summed E-state index contributed by atoms with van der Waals surface area (Å²) < 4.78 is 20.9. The van der Waals surface area contributed by atoms with Crippen LogP contribution in [0.4, 0.5) is 11.4 Å². The highest BCUT2D eigenvalue weighted by molar-refractivity contribution is 7.12. The van der Waals surface area contributed by atoms with Crippen LogP contribution in [0.5, 0.6) is 23.0 Å². The molecule has 4 N–H and O–H groups in total. The number of anilines is 2. The fourth-order valence-corrected chi connectivity index (χ4v) is 6.91. The summed E-state index contributed by atoms with van der Waals surface area (Å²) >= 11 is 1.42. The van der Waals surface area contributed by atoms with Crippen LogP contribution in [0.25, 0.3) is 0 Å². The van der Waals surface area contributed by atoms with Crippen LogP contribution in [0, 0.1) is 0 Å². The third-order valence-electron chi connectivity index (χ3n) is 10.2. The predicted octanol–water partition coefficient (Wildman–Crippen LogP) is 8.78. The predicted molar refractivity (Wildman–Crippen MR) is 247 cm³/mol.